The molecular formula is C29H44N4O6. The van der Waals surface area contributed by atoms with Crippen molar-refractivity contribution in [3.63, 3.8) is 0 Å². The van der Waals surface area contributed by atoms with Crippen LogP contribution in [0.15, 0.2) is 18.2 Å². The van der Waals surface area contributed by atoms with Crippen molar-refractivity contribution in [1.82, 2.24) is 19.6 Å². The molecular weight excluding hydrogens is 500 g/mol. The van der Waals surface area contributed by atoms with Gasteiger partial charge in [0.1, 0.15) is 5.75 Å². The van der Waals surface area contributed by atoms with Gasteiger partial charge in [-0.2, -0.15) is 0 Å². The van der Waals surface area contributed by atoms with Crippen LogP contribution in [0.25, 0.3) is 0 Å². The number of aliphatic hydroxyl groups is 1. The molecule has 0 aromatic heterocycles. The summed E-state index contributed by atoms with van der Waals surface area (Å²) in [4.78, 5) is 46.3. The summed E-state index contributed by atoms with van der Waals surface area (Å²) in [5, 5.41) is 19.8. The third-order valence-electron chi connectivity index (χ3n) is 8.45. The number of carboxylic acid groups (broad SMARTS) is 1. The number of hydrogen-bond acceptors (Lipinski definition) is 6. The van der Waals surface area contributed by atoms with Crippen LogP contribution in [0.4, 0.5) is 4.79 Å². The van der Waals surface area contributed by atoms with Gasteiger partial charge >= 0.3 is 12.0 Å². The maximum atomic E-state index is 13.5. The minimum Gasteiger partial charge on any atom is -0.493 e. The summed E-state index contributed by atoms with van der Waals surface area (Å²) >= 11 is 0. The van der Waals surface area contributed by atoms with Gasteiger partial charge in [0.15, 0.2) is 0 Å². The predicted octanol–water partition coefficient (Wildman–Crippen LogP) is 2.25. The Hall–Kier alpha value is -2.85. The van der Waals surface area contributed by atoms with Crippen LogP contribution >= 0.6 is 0 Å². The maximum Gasteiger partial charge on any atom is 0.319 e. The molecule has 1 aromatic rings. The van der Waals surface area contributed by atoms with E-state index in [0.717, 1.165) is 49.1 Å². The second-order valence-electron chi connectivity index (χ2n) is 11.1. The van der Waals surface area contributed by atoms with Crippen LogP contribution in [0.3, 0.4) is 0 Å². The Labute approximate surface area is 231 Å². The van der Waals surface area contributed by atoms with E-state index in [9.17, 15) is 24.6 Å². The van der Waals surface area contributed by atoms with E-state index in [1.165, 1.54) is 0 Å². The van der Waals surface area contributed by atoms with Crippen molar-refractivity contribution in [3.8, 4) is 5.75 Å². The molecule has 216 valence electrons. The van der Waals surface area contributed by atoms with E-state index < -0.39 is 11.9 Å². The summed E-state index contributed by atoms with van der Waals surface area (Å²) in [5.41, 5.74) is 2.06. The first-order valence-electron chi connectivity index (χ1n) is 14.4. The van der Waals surface area contributed by atoms with Crippen molar-refractivity contribution in [2.24, 2.45) is 5.92 Å². The molecule has 3 amide bonds. The molecule has 2 fully saturated rings. The van der Waals surface area contributed by atoms with Gasteiger partial charge in [0, 0.05) is 71.3 Å². The Bertz CT molecular complexity index is 1010. The zero-order valence-electron chi connectivity index (χ0n) is 23.4. The number of fused-ring (bicyclic) bond motifs is 1. The predicted molar refractivity (Wildman–Crippen MR) is 147 cm³/mol. The second-order valence-corrected chi connectivity index (χ2v) is 11.1. The summed E-state index contributed by atoms with van der Waals surface area (Å²) < 4.78 is 5.66. The van der Waals surface area contributed by atoms with Crippen LogP contribution in [0.1, 0.15) is 56.1 Å². The normalized spacial score (nSPS) is 23.2. The molecule has 3 aliphatic heterocycles. The molecule has 3 atom stereocenters. The number of benzene rings is 1. The zero-order chi connectivity index (χ0) is 27.9. The van der Waals surface area contributed by atoms with Crippen molar-refractivity contribution in [2.45, 2.75) is 57.4 Å². The van der Waals surface area contributed by atoms with Crippen molar-refractivity contribution >= 4 is 17.9 Å². The minimum atomic E-state index is -0.873. The number of carboxylic acids is 1. The fraction of sp³-hybridized carbons (Fsp3) is 0.690. The Morgan fingerprint density at radius 2 is 1.97 bits per heavy atom. The molecule has 0 aliphatic carbocycles. The van der Waals surface area contributed by atoms with Crippen molar-refractivity contribution in [3.05, 3.63) is 29.3 Å². The highest BCUT2D eigenvalue weighted by atomic mass is 16.5. The molecule has 10 nitrogen and oxygen atoms in total. The third kappa shape index (κ3) is 6.84. The summed E-state index contributed by atoms with van der Waals surface area (Å²) in [6.45, 7) is 6.27. The lowest BCUT2D eigenvalue weighted by Gasteiger charge is -2.35. The average molecular weight is 545 g/mol. The highest BCUT2D eigenvalue weighted by molar-refractivity contribution is 5.79. The van der Waals surface area contributed by atoms with Crippen LogP contribution in [-0.2, 0) is 16.0 Å². The van der Waals surface area contributed by atoms with E-state index in [2.05, 4.69) is 13.0 Å². The highest BCUT2D eigenvalue weighted by Gasteiger charge is 2.47. The molecule has 39 heavy (non-hydrogen) atoms. The first-order valence-corrected chi connectivity index (χ1v) is 14.4. The van der Waals surface area contributed by atoms with E-state index in [-0.39, 0.29) is 37.0 Å². The number of ether oxygens (including phenoxy) is 1. The molecule has 0 radical (unpaired) electrons. The fourth-order valence-electron chi connectivity index (χ4n) is 6.30. The first kappa shape index (κ1) is 29.1. The number of likely N-dealkylation sites (tertiary alicyclic amines) is 1. The number of hydrogen-bond donors (Lipinski definition) is 2. The number of amides is 3. The molecule has 0 spiro atoms. The Balaban J connectivity index is 1.58. The Morgan fingerprint density at radius 1 is 1.18 bits per heavy atom. The Morgan fingerprint density at radius 3 is 2.72 bits per heavy atom. The summed E-state index contributed by atoms with van der Waals surface area (Å²) in [7, 11) is 1.79. The van der Waals surface area contributed by atoms with Gasteiger partial charge in [0.05, 0.1) is 19.1 Å². The van der Waals surface area contributed by atoms with Crippen LogP contribution in [0.5, 0.6) is 5.75 Å². The molecule has 10 heteroatoms. The molecule has 0 saturated carbocycles. The number of carbonyl (C=O) groups excluding carboxylic acids is 2. The van der Waals surface area contributed by atoms with E-state index in [1.54, 1.807) is 21.7 Å². The van der Waals surface area contributed by atoms with Gasteiger partial charge in [0.25, 0.3) is 0 Å². The number of nitrogens with zero attached hydrogens (tertiary/aromatic N) is 4. The van der Waals surface area contributed by atoms with Crippen molar-refractivity contribution < 1.29 is 29.3 Å². The second kappa shape index (κ2) is 13.5. The molecule has 2 N–H and O–H groups in total. The molecule has 0 bridgehead atoms. The van der Waals surface area contributed by atoms with Gasteiger partial charge in [-0.25, -0.2) is 4.79 Å². The van der Waals surface area contributed by atoms with E-state index in [1.807, 2.05) is 17.0 Å². The van der Waals surface area contributed by atoms with Gasteiger partial charge in [0.2, 0.25) is 5.91 Å². The van der Waals surface area contributed by atoms with Crippen molar-refractivity contribution in [2.75, 3.05) is 66.1 Å². The summed E-state index contributed by atoms with van der Waals surface area (Å²) in [5.74, 6) is -1.02. The van der Waals surface area contributed by atoms with Crippen LogP contribution < -0.4 is 4.74 Å². The number of unbranched alkanes of at least 4 members (excludes halogenated alkanes) is 1. The average Bonchev–Trinajstić information content (AvgIpc) is 3.53. The maximum absolute atomic E-state index is 13.5. The third-order valence-corrected chi connectivity index (χ3v) is 8.45. The number of aliphatic carboxylic acids is 1. The van der Waals surface area contributed by atoms with Crippen LogP contribution in [-0.4, -0.2) is 120 Å². The van der Waals surface area contributed by atoms with Gasteiger partial charge < -0.3 is 29.6 Å². The Kier molecular flexibility index (Phi) is 10.1. The molecule has 3 aliphatic rings. The summed E-state index contributed by atoms with van der Waals surface area (Å²) in [6, 6.07) is 5.56. The lowest BCUT2D eigenvalue weighted by Crippen LogP contribution is -2.50. The highest BCUT2D eigenvalue weighted by Crippen LogP contribution is 2.41. The van der Waals surface area contributed by atoms with E-state index >= 15 is 0 Å². The van der Waals surface area contributed by atoms with E-state index in [4.69, 9.17) is 4.74 Å². The van der Waals surface area contributed by atoms with Gasteiger partial charge in [-0.15, -0.1) is 0 Å². The first-order chi connectivity index (χ1) is 18.8. The van der Waals surface area contributed by atoms with Gasteiger partial charge in [-0.1, -0.05) is 25.5 Å². The molecule has 2 saturated heterocycles. The number of carbonyl (C=O) groups is 3. The topological polar surface area (TPSA) is 114 Å². The lowest BCUT2D eigenvalue weighted by molar-refractivity contribution is -0.144. The molecule has 4 rings (SSSR count). The fourth-order valence-corrected chi connectivity index (χ4v) is 6.30. The number of rotatable bonds is 13. The van der Waals surface area contributed by atoms with Gasteiger partial charge in [-0.05, 0) is 42.9 Å². The van der Waals surface area contributed by atoms with Crippen LogP contribution in [0.2, 0.25) is 0 Å². The number of urea groups is 1. The van der Waals surface area contributed by atoms with Gasteiger partial charge in [-0.3, -0.25) is 14.5 Å². The van der Waals surface area contributed by atoms with Crippen molar-refractivity contribution in [1.29, 1.82) is 0 Å². The number of aliphatic hydroxyl groups excluding tert-OH is 1. The van der Waals surface area contributed by atoms with Crippen LogP contribution in [0, 0.1) is 5.92 Å². The molecule has 3 heterocycles. The zero-order valence-corrected chi connectivity index (χ0v) is 23.4. The smallest absolute Gasteiger partial charge is 0.319 e. The van der Waals surface area contributed by atoms with E-state index in [0.29, 0.717) is 52.2 Å². The monoisotopic (exact) mass is 544 g/mol. The molecule has 0 unspecified atom stereocenters. The SMILES string of the molecule is CCCCN(CCCO)C(=O)CN1C[C@H](c2ccc3c(c2)CCO3)[C@@H](C(=O)O)[C@@H]1CCN1CCCN(C)C1=O. The largest absolute Gasteiger partial charge is 0.493 e. The standard InChI is InChI=1S/C29H44N4O6/c1-3-4-12-31(14-6-16-34)26(35)20-33-19-23(21-7-8-25-22(18-21)10-17-39-25)27(28(36)37)24(33)9-15-32-13-5-11-30(2)29(32)38/h7-8,18,23-24,27,34H,3-6,9-17,19-20H2,1-2H3,(H,36,37)/t23-,24+,27-/m1/s1. The quantitative estimate of drug-likeness (QED) is 0.392. The lowest BCUT2D eigenvalue weighted by atomic mass is 9.83. The summed E-state index contributed by atoms with van der Waals surface area (Å²) in [6.07, 6.45) is 4.53. The molecule has 1 aromatic carbocycles. The minimum absolute atomic E-state index is 0.0196.